The number of nitrogens with zero attached hydrogens (tertiary/aromatic N) is 1. The molecule has 0 unspecified atom stereocenters. The van der Waals surface area contributed by atoms with E-state index in [1.54, 1.807) is 49.9 Å². The molecule has 0 saturated heterocycles. The van der Waals surface area contributed by atoms with Crippen LogP contribution in [-0.4, -0.2) is 41.6 Å². The van der Waals surface area contributed by atoms with Crippen molar-refractivity contribution in [1.82, 2.24) is 4.90 Å². The zero-order valence-corrected chi connectivity index (χ0v) is 19.1. The number of hydrogen-bond donors (Lipinski definition) is 2. The smallest absolute Gasteiger partial charge is 0.410 e. The third kappa shape index (κ3) is 5.11. The Bertz CT molecular complexity index is 1000. The van der Waals surface area contributed by atoms with Crippen LogP contribution in [0.25, 0.3) is 0 Å². The number of fused-ring (bicyclic) bond motifs is 1. The molecule has 3 amide bonds. The van der Waals surface area contributed by atoms with Crippen molar-refractivity contribution in [3.8, 4) is 5.75 Å². The Labute approximate surface area is 189 Å². The average Bonchev–Trinajstić information content (AvgIpc) is 3.06. The Morgan fingerprint density at radius 1 is 1.26 bits per heavy atom. The Hall–Kier alpha value is -2.78. The Morgan fingerprint density at radius 3 is 2.55 bits per heavy atom. The summed E-state index contributed by atoms with van der Waals surface area (Å²) in [7, 11) is 0. The molecule has 1 aromatic heterocycles. The maximum Gasteiger partial charge on any atom is 0.410 e. The summed E-state index contributed by atoms with van der Waals surface area (Å²) < 4.78 is 10.9. The molecule has 0 fully saturated rings. The first-order chi connectivity index (χ1) is 14.6. The van der Waals surface area contributed by atoms with Crippen molar-refractivity contribution in [2.75, 3.05) is 18.5 Å². The predicted octanol–water partition coefficient (Wildman–Crippen LogP) is 3.81. The number of carbonyl (C=O) groups excluding carboxylic acids is 3. The van der Waals surface area contributed by atoms with Crippen LogP contribution in [0.1, 0.15) is 41.6 Å². The van der Waals surface area contributed by atoms with Gasteiger partial charge in [0.2, 0.25) is 0 Å². The second-order valence-corrected chi connectivity index (χ2v) is 9.00. The van der Waals surface area contributed by atoms with Gasteiger partial charge in [-0.2, -0.15) is 0 Å². The van der Waals surface area contributed by atoms with Crippen LogP contribution in [-0.2, 0) is 22.5 Å². The average molecular weight is 466 g/mol. The SMILES string of the molecule is CCOC(=O)N1CCc2c(sc(NC(=O)C(C)(C)Oc3ccc(Cl)cc3)c2C(N)=O)C1. The van der Waals surface area contributed by atoms with Gasteiger partial charge < -0.3 is 25.4 Å². The lowest BCUT2D eigenvalue weighted by Gasteiger charge is -2.26. The van der Waals surface area contributed by atoms with Crippen molar-refractivity contribution in [2.24, 2.45) is 5.73 Å². The highest BCUT2D eigenvalue weighted by Gasteiger charge is 2.34. The largest absolute Gasteiger partial charge is 0.478 e. The van der Waals surface area contributed by atoms with Gasteiger partial charge in [0.05, 0.1) is 18.7 Å². The summed E-state index contributed by atoms with van der Waals surface area (Å²) in [5.74, 6) is -0.588. The van der Waals surface area contributed by atoms with Crippen LogP contribution in [0.15, 0.2) is 24.3 Å². The zero-order chi connectivity index (χ0) is 22.8. The van der Waals surface area contributed by atoms with E-state index in [2.05, 4.69) is 5.32 Å². The van der Waals surface area contributed by atoms with E-state index in [-0.39, 0.29) is 12.2 Å². The number of anilines is 1. The van der Waals surface area contributed by atoms with Gasteiger partial charge in [-0.25, -0.2) is 4.79 Å². The summed E-state index contributed by atoms with van der Waals surface area (Å²) in [6, 6.07) is 6.66. The first-order valence-corrected chi connectivity index (χ1v) is 10.9. The monoisotopic (exact) mass is 465 g/mol. The van der Waals surface area contributed by atoms with Gasteiger partial charge in [0.1, 0.15) is 10.8 Å². The molecular weight excluding hydrogens is 442 g/mol. The fraction of sp³-hybridized carbons (Fsp3) is 0.381. The number of nitrogens with one attached hydrogen (secondary N) is 1. The molecule has 0 aliphatic carbocycles. The van der Waals surface area contributed by atoms with E-state index in [0.717, 1.165) is 10.4 Å². The molecule has 0 radical (unpaired) electrons. The van der Waals surface area contributed by atoms with Crippen molar-refractivity contribution >= 4 is 45.8 Å². The molecule has 0 spiro atoms. The van der Waals surface area contributed by atoms with E-state index >= 15 is 0 Å². The lowest BCUT2D eigenvalue weighted by Crippen LogP contribution is -2.42. The second-order valence-electron chi connectivity index (χ2n) is 7.46. The number of ether oxygens (including phenoxy) is 2. The Morgan fingerprint density at radius 2 is 1.94 bits per heavy atom. The molecule has 3 N–H and O–H groups in total. The molecule has 0 bridgehead atoms. The van der Waals surface area contributed by atoms with Gasteiger partial charge in [-0.1, -0.05) is 11.6 Å². The van der Waals surface area contributed by atoms with Crippen molar-refractivity contribution in [3.05, 3.63) is 45.3 Å². The van der Waals surface area contributed by atoms with Crippen LogP contribution >= 0.6 is 22.9 Å². The van der Waals surface area contributed by atoms with Crippen LogP contribution in [0, 0.1) is 0 Å². The number of benzene rings is 1. The molecule has 1 aliphatic rings. The number of halogens is 1. The normalized spacial score (nSPS) is 13.4. The van der Waals surface area contributed by atoms with E-state index in [4.69, 9.17) is 26.8 Å². The molecular formula is C21H24ClN3O5S. The minimum absolute atomic E-state index is 0.277. The van der Waals surface area contributed by atoms with Gasteiger partial charge in [0.15, 0.2) is 5.60 Å². The highest BCUT2D eigenvalue weighted by Crippen LogP contribution is 2.37. The molecule has 1 aliphatic heterocycles. The van der Waals surface area contributed by atoms with Crippen LogP contribution in [0.3, 0.4) is 0 Å². The summed E-state index contributed by atoms with van der Waals surface area (Å²) in [4.78, 5) is 39.5. The predicted molar refractivity (Wildman–Crippen MR) is 119 cm³/mol. The van der Waals surface area contributed by atoms with Gasteiger partial charge in [-0.15, -0.1) is 11.3 Å². The van der Waals surface area contributed by atoms with Gasteiger partial charge in [0.25, 0.3) is 11.8 Å². The molecule has 0 atom stereocenters. The van der Waals surface area contributed by atoms with E-state index < -0.39 is 23.5 Å². The van der Waals surface area contributed by atoms with Crippen molar-refractivity contribution in [2.45, 2.75) is 39.3 Å². The molecule has 2 heterocycles. The van der Waals surface area contributed by atoms with Gasteiger partial charge >= 0.3 is 6.09 Å². The molecule has 1 aromatic carbocycles. The van der Waals surface area contributed by atoms with Crippen LogP contribution in [0.4, 0.5) is 9.80 Å². The standard InChI is InChI=1S/C21H24ClN3O5S/c1-4-29-20(28)25-10-9-14-15(11-25)31-18(16(14)17(23)26)24-19(27)21(2,3)30-13-7-5-12(22)6-8-13/h5-8H,4,9-11H2,1-3H3,(H2,23,26)(H,24,27). The first kappa shape index (κ1) is 22.9. The fourth-order valence-electron chi connectivity index (χ4n) is 3.22. The molecule has 10 heteroatoms. The highest BCUT2D eigenvalue weighted by atomic mass is 35.5. The number of primary amides is 1. The Balaban J connectivity index is 1.81. The van der Waals surface area contributed by atoms with Gasteiger partial charge in [0, 0.05) is 16.4 Å². The minimum Gasteiger partial charge on any atom is -0.478 e. The minimum atomic E-state index is -1.23. The van der Waals surface area contributed by atoms with Crippen molar-refractivity contribution in [1.29, 1.82) is 0 Å². The molecule has 31 heavy (non-hydrogen) atoms. The number of nitrogens with two attached hydrogens (primary N) is 1. The number of amides is 3. The van der Waals surface area contributed by atoms with Crippen molar-refractivity contribution < 1.29 is 23.9 Å². The summed E-state index contributed by atoms with van der Waals surface area (Å²) >= 11 is 7.11. The lowest BCUT2D eigenvalue weighted by molar-refractivity contribution is -0.128. The number of hydrogen-bond acceptors (Lipinski definition) is 6. The first-order valence-electron chi connectivity index (χ1n) is 9.74. The van der Waals surface area contributed by atoms with Crippen LogP contribution in [0.5, 0.6) is 5.75 Å². The van der Waals surface area contributed by atoms with Gasteiger partial charge in [-0.05, 0) is 57.0 Å². The topological polar surface area (TPSA) is 111 Å². The van der Waals surface area contributed by atoms with Crippen molar-refractivity contribution in [3.63, 3.8) is 0 Å². The number of rotatable bonds is 6. The molecule has 8 nitrogen and oxygen atoms in total. The maximum atomic E-state index is 13.0. The summed E-state index contributed by atoms with van der Waals surface area (Å²) in [6.07, 6.45) is 0.0361. The fourth-order valence-corrected chi connectivity index (χ4v) is 4.61. The molecule has 0 saturated carbocycles. The number of thiophene rings is 1. The van der Waals surface area contributed by atoms with E-state index in [1.165, 1.54) is 11.3 Å². The molecule has 2 aromatic rings. The number of carbonyl (C=O) groups is 3. The van der Waals surface area contributed by atoms with Crippen LogP contribution in [0.2, 0.25) is 5.02 Å². The van der Waals surface area contributed by atoms with E-state index in [0.29, 0.717) is 35.3 Å². The molecule has 3 rings (SSSR count). The maximum absolute atomic E-state index is 13.0. The zero-order valence-electron chi connectivity index (χ0n) is 17.5. The summed E-state index contributed by atoms with van der Waals surface area (Å²) in [5, 5.41) is 3.69. The quantitative estimate of drug-likeness (QED) is 0.673. The van der Waals surface area contributed by atoms with E-state index in [1.807, 2.05) is 0 Å². The Kier molecular flexibility index (Phi) is 6.76. The van der Waals surface area contributed by atoms with E-state index in [9.17, 15) is 14.4 Å². The lowest BCUT2D eigenvalue weighted by atomic mass is 10.0. The third-order valence-electron chi connectivity index (χ3n) is 4.79. The van der Waals surface area contributed by atoms with Crippen LogP contribution < -0.4 is 15.8 Å². The summed E-state index contributed by atoms with van der Waals surface area (Å²) in [6.45, 7) is 5.96. The highest BCUT2D eigenvalue weighted by molar-refractivity contribution is 7.17. The third-order valence-corrected chi connectivity index (χ3v) is 6.17. The second kappa shape index (κ2) is 9.15. The molecule has 166 valence electrons. The summed E-state index contributed by atoms with van der Waals surface area (Å²) in [5.41, 5.74) is 5.41. The van der Waals surface area contributed by atoms with Gasteiger partial charge in [-0.3, -0.25) is 9.59 Å².